The normalized spacial score (nSPS) is 18.9. The van der Waals surface area contributed by atoms with Crippen molar-refractivity contribution in [3.63, 3.8) is 0 Å². The van der Waals surface area contributed by atoms with Crippen LogP contribution in [0.2, 0.25) is 0 Å². The third-order valence-corrected chi connectivity index (χ3v) is 4.56. The highest BCUT2D eigenvalue weighted by Gasteiger charge is 2.33. The zero-order chi connectivity index (χ0) is 13.2. The van der Waals surface area contributed by atoms with Crippen molar-refractivity contribution in [1.82, 2.24) is 0 Å². The molecular formula is C12H10O5S. The van der Waals surface area contributed by atoms with Gasteiger partial charge in [0, 0.05) is 0 Å². The molecule has 1 unspecified atom stereocenters. The molecule has 94 valence electrons. The van der Waals surface area contributed by atoms with Crippen LogP contribution in [0.3, 0.4) is 0 Å². The third kappa shape index (κ3) is 2.19. The topological polar surface area (TPSA) is 77.5 Å². The summed E-state index contributed by atoms with van der Waals surface area (Å²) in [7, 11) is -3.58. The molecule has 1 aliphatic rings. The number of ether oxygens (including phenoxy) is 1. The Morgan fingerprint density at radius 2 is 1.94 bits per heavy atom. The lowest BCUT2D eigenvalue weighted by Crippen LogP contribution is -2.20. The standard InChI is InChI=1S/C12H10O5S/c13-7-11(14)12-6-10(8-17-12)18(15,16)9-4-2-1-3-5-9/h1-7,10H,8H2. The highest BCUT2D eigenvalue weighted by molar-refractivity contribution is 7.92. The van der Waals surface area contributed by atoms with Crippen molar-refractivity contribution in [2.45, 2.75) is 10.1 Å². The summed E-state index contributed by atoms with van der Waals surface area (Å²) in [6, 6.07) is 7.89. The van der Waals surface area contributed by atoms with E-state index >= 15 is 0 Å². The van der Waals surface area contributed by atoms with Gasteiger partial charge in [-0.25, -0.2) is 8.42 Å². The Bertz CT molecular complexity index is 601. The summed E-state index contributed by atoms with van der Waals surface area (Å²) < 4.78 is 29.3. The van der Waals surface area contributed by atoms with Gasteiger partial charge in [-0.2, -0.15) is 0 Å². The van der Waals surface area contributed by atoms with Gasteiger partial charge in [-0.3, -0.25) is 9.59 Å². The molecule has 1 aliphatic heterocycles. The van der Waals surface area contributed by atoms with Crippen LogP contribution in [0.15, 0.2) is 47.1 Å². The van der Waals surface area contributed by atoms with Crippen LogP contribution in [-0.4, -0.2) is 32.3 Å². The second kappa shape index (κ2) is 4.73. The van der Waals surface area contributed by atoms with Crippen molar-refractivity contribution < 1.29 is 22.7 Å². The number of rotatable bonds is 4. The molecule has 6 heteroatoms. The second-order valence-electron chi connectivity index (χ2n) is 3.72. The van der Waals surface area contributed by atoms with E-state index in [1.807, 2.05) is 0 Å². The quantitative estimate of drug-likeness (QED) is 0.586. The molecule has 1 heterocycles. The van der Waals surface area contributed by atoms with E-state index in [-0.39, 0.29) is 23.5 Å². The van der Waals surface area contributed by atoms with Crippen molar-refractivity contribution in [3.8, 4) is 0 Å². The predicted octanol–water partition coefficient (Wildman–Crippen LogP) is 0.511. The van der Waals surface area contributed by atoms with Crippen molar-refractivity contribution >= 4 is 21.9 Å². The number of hydrogen-bond donors (Lipinski definition) is 0. The van der Waals surface area contributed by atoms with E-state index < -0.39 is 20.9 Å². The molecule has 0 N–H and O–H groups in total. The van der Waals surface area contributed by atoms with E-state index in [9.17, 15) is 18.0 Å². The molecule has 0 aromatic heterocycles. The molecule has 2 rings (SSSR count). The maximum absolute atomic E-state index is 12.2. The van der Waals surface area contributed by atoms with Gasteiger partial charge in [0.1, 0.15) is 11.9 Å². The molecule has 1 aromatic rings. The number of ketones is 1. The minimum atomic E-state index is -3.58. The molecule has 0 saturated carbocycles. The van der Waals surface area contributed by atoms with Gasteiger partial charge in [-0.1, -0.05) is 18.2 Å². The van der Waals surface area contributed by atoms with Gasteiger partial charge in [0.05, 0.1) is 4.90 Å². The minimum absolute atomic E-state index is 0.101. The second-order valence-corrected chi connectivity index (χ2v) is 5.89. The largest absolute Gasteiger partial charge is 0.488 e. The number of aldehydes is 1. The van der Waals surface area contributed by atoms with Gasteiger partial charge in [-0.05, 0) is 18.2 Å². The van der Waals surface area contributed by atoms with Crippen molar-refractivity contribution in [3.05, 3.63) is 42.2 Å². The number of Topliss-reactive ketones (excluding diaryl/α,β-unsaturated/α-hetero) is 1. The molecule has 0 amide bonds. The van der Waals surface area contributed by atoms with Crippen molar-refractivity contribution in [1.29, 1.82) is 0 Å². The first kappa shape index (κ1) is 12.5. The molecule has 0 fully saturated rings. The van der Waals surface area contributed by atoms with Gasteiger partial charge in [0.2, 0.25) is 0 Å². The highest BCUT2D eigenvalue weighted by Crippen LogP contribution is 2.23. The maximum atomic E-state index is 12.2. The van der Waals surface area contributed by atoms with Gasteiger partial charge in [0.25, 0.3) is 5.78 Å². The van der Waals surface area contributed by atoms with E-state index in [1.165, 1.54) is 18.2 Å². The van der Waals surface area contributed by atoms with E-state index in [0.29, 0.717) is 0 Å². The molecule has 1 aromatic carbocycles. The number of allylic oxidation sites excluding steroid dienone is 1. The Hall–Kier alpha value is -1.95. The Balaban J connectivity index is 2.32. The average Bonchev–Trinajstić information content (AvgIpc) is 2.89. The summed E-state index contributed by atoms with van der Waals surface area (Å²) in [5.41, 5.74) is 0. The summed E-state index contributed by atoms with van der Waals surface area (Å²) >= 11 is 0. The predicted molar refractivity (Wildman–Crippen MR) is 62.5 cm³/mol. The van der Waals surface area contributed by atoms with Crippen molar-refractivity contribution in [2.24, 2.45) is 0 Å². The molecule has 0 bridgehead atoms. The molecule has 18 heavy (non-hydrogen) atoms. The number of benzene rings is 1. The van der Waals surface area contributed by atoms with Crippen LogP contribution < -0.4 is 0 Å². The number of sulfone groups is 1. The molecule has 0 aliphatic carbocycles. The van der Waals surface area contributed by atoms with Crippen molar-refractivity contribution in [2.75, 3.05) is 6.61 Å². The van der Waals surface area contributed by atoms with E-state index in [0.717, 1.165) is 0 Å². The first-order valence-corrected chi connectivity index (χ1v) is 6.73. The minimum Gasteiger partial charge on any atom is -0.488 e. The highest BCUT2D eigenvalue weighted by atomic mass is 32.2. The fourth-order valence-corrected chi connectivity index (χ4v) is 3.05. The lowest BCUT2D eigenvalue weighted by molar-refractivity contribution is -0.129. The Labute approximate surface area is 104 Å². The molecule has 1 atom stereocenters. The van der Waals surface area contributed by atoms with Crippen LogP contribution in [0, 0.1) is 0 Å². The Morgan fingerprint density at radius 1 is 1.28 bits per heavy atom. The van der Waals surface area contributed by atoms with E-state index in [1.54, 1.807) is 18.2 Å². The number of carbonyl (C=O) groups is 2. The van der Waals surface area contributed by atoms with Gasteiger partial charge >= 0.3 is 0 Å². The smallest absolute Gasteiger partial charge is 0.259 e. The van der Waals surface area contributed by atoms with E-state index in [4.69, 9.17) is 4.74 Å². The first-order chi connectivity index (χ1) is 8.55. The SMILES string of the molecule is O=CC(=O)C1=CC(S(=O)(=O)c2ccccc2)CO1. The van der Waals surface area contributed by atoms with Gasteiger partial charge in [-0.15, -0.1) is 0 Å². The molecule has 0 saturated heterocycles. The molecule has 0 radical (unpaired) electrons. The molecule has 0 spiro atoms. The lowest BCUT2D eigenvalue weighted by atomic mass is 10.3. The Kier molecular flexibility index (Phi) is 3.29. The van der Waals surface area contributed by atoms with Crippen LogP contribution >= 0.6 is 0 Å². The number of hydrogen-bond acceptors (Lipinski definition) is 5. The fraction of sp³-hybridized carbons (Fsp3) is 0.167. The van der Waals surface area contributed by atoms with Crippen LogP contribution in [0.5, 0.6) is 0 Å². The van der Waals surface area contributed by atoms with Crippen LogP contribution in [-0.2, 0) is 24.2 Å². The molecule has 5 nitrogen and oxygen atoms in total. The summed E-state index contributed by atoms with van der Waals surface area (Å²) in [6.45, 7) is -0.147. The summed E-state index contributed by atoms with van der Waals surface area (Å²) in [6.07, 6.45) is 1.28. The lowest BCUT2D eigenvalue weighted by Gasteiger charge is -2.07. The Morgan fingerprint density at radius 3 is 2.56 bits per heavy atom. The fourth-order valence-electron chi connectivity index (χ4n) is 1.61. The van der Waals surface area contributed by atoms with E-state index in [2.05, 4.69) is 0 Å². The zero-order valence-electron chi connectivity index (χ0n) is 9.28. The monoisotopic (exact) mass is 266 g/mol. The molecular weight excluding hydrogens is 256 g/mol. The van der Waals surface area contributed by atoms with Gasteiger partial charge < -0.3 is 4.74 Å². The summed E-state index contributed by atoms with van der Waals surface area (Å²) in [5.74, 6) is -1.05. The third-order valence-electron chi connectivity index (χ3n) is 2.56. The number of carbonyl (C=O) groups excluding carboxylic acids is 2. The van der Waals surface area contributed by atoms with Crippen LogP contribution in [0.1, 0.15) is 0 Å². The summed E-state index contributed by atoms with van der Waals surface area (Å²) in [4.78, 5) is 21.5. The average molecular weight is 266 g/mol. The van der Waals surface area contributed by atoms with Crippen LogP contribution in [0.4, 0.5) is 0 Å². The maximum Gasteiger partial charge on any atom is 0.259 e. The first-order valence-electron chi connectivity index (χ1n) is 5.19. The zero-order valence-corrected chi connectivity index (χ0v) is 10.1. The van der Waals surface area contributed by atoms with Gasteiger partial charge in [0.15, 0.2) is 21.9 Å². The summed E-state index contributed by atoms with van der Waals surface area (Å²) in [5, 5.41) is -0.932. The van der Waals surface area contributed by atoms with Crippen LogP contribution in [0.25, 0.3) is 0 Å².